The first kappa shape index (κ1) is 11.4. The minimum absolute atomic E-state index is 0.0800. The first-order valence-corrected chi connectivity index (χ1v) is 5.90. The zero-order valence-corrected chi connectivity index (χ0v) is 10.3. The van der Waals surface area contributed by atoms with Gasteiger partial charge in [-0.3, -0.25) is 9.89 Å². The van der Waals surface area contributed by atoms with E-state index in [1.807, 2.05) is 0 Å². The number of aromatic amines is 1. The van der Waals surface area contributed by atoms with Crippen LogP contribution in [0.2, 0.25) is 0 Å². The summed E-state index contributed by atoms with van der Waals surface area (Å²) < 4.78 is 6.66. The Morgan fingerprint density at radius 3 is 3.06 bits per heavy atom. The Kier molecular flexibility index (Phi) is 2.64. The summed E-state index contributed by atoms with van der Waals surface area (Å²) in [5.41, 5.74) is 0.532. The highest BCUT2D eigenvalue weighted by Gasteiger charge is 2.27. The lowest BCUT2D eigenvalue weighted by Gasteiger charge is -2.05. The molecule has 0 radical (unpaired) electrons. The topological polar surface area (TPSA) is 84.3 Å². The monoisotopic (exact) mass is 249 g/mol. The average molecular weight is 249 g/mol. The van der Waals surface area contributed by atoms with Crippen molar-refractivity contribution in [2.75, 3.05) is 13.7 Å². The van der Waals surface area contributed by atoms with E-state index in [0.29, 0.717) is 11.5 Å². The van der Waals surface area contributed by atoms with Gasteiger partial charge in [-0.05, 0) is 13.3 Å². The first-order valence-electron chi connectivity index (χ1n) is 5.90. The molecule has 0 aliphatic carbocycles. The Labute approximate surface area is 103 Å². The van der Waals surface area contributed by atoms with Crippen molar-refractivity contribution in [3.8, 4) is 0 Å². The molecule has 1 saturated heterocycles. The zero-order valence-electron chi connectivity index (χ0n) is 10.3. The summed E-state index contributed by atoms with van der Waals surface area (Å²) in [6, 6.07) is 1.56. The van der Waals surface area contributed by atoms with Crippen LogP contribution in [0, 0.1) is 6.92 Å². The number of nitrogens with zero attached hydrogens (tertiary/aromatic N) is 3. The summed E-state index contributed by atoms with van der Waals surface area (Å²) in [6.45, 7) is 2.57. The number of nitrogens with one attached hydrogen (secondary N) is 2. The predicted molar refractivity (Wildman–Crippen MR) is 64.5 cm³/mol. The van der Waals surface area contributed by atoms with Crippen molar-refractivity contribution >= 4 is 5.78 Å². The van der Waals surface area contributed by atoms with Crippen molar-refractivity contribution in [1.82, 2.24) is 24.9 Å². The quantitative estimate of drug-likeness (QED) is 0.768. The van der Waals surface area contributed by atoms with Crippen LogP contribution in [0.4, 0.5) is 0 Å². The molecule has 7 heteroatoms. The molecule has 0 saturated carbocycles. The van der Waals surface area contributed by atoms with Crippen LogP contribution in [0.1, 0.15) is 24.0 Å². The summed E-state index contributed by atoms with van der Waals surface area (Å²) in [5, 5.41) is 6.30. The minimum atomic E-state index is -0.141. The second kappa shape index (κ2) is 4.18. The summed E-state index contributed by atoms with van der Waals surface area (Å²) in [7, 11) is 1.70. The third-order valence-electron chi connectivity index (χ3n) is 3.23. The number of rotatable bonds is 2. The van der Waals surface area contributed by atoms with E-state index in [1.54, 1.807) is 14.0 Å². The van der Waals surface area contributed by atoms with Gasteiger partial charge in [0.1, 0.15) is 5.82 Å². The van der Waals surface area contributed by atoms with E-state index in [0.717, 1.165) is 18.8 Å². The Balaban J connectivity index is 1.99. The molecule has 2 N–H and O–H groups in total. The van der Waals surface area contributed by atoms with E-state index in [9.17, 15) is 4.79 Å². The van der Waals surface area contributed by atoms with E-state index < -0.39 is 0 Å². The highest BCUT2D eigenvalue weighted by molar-refractivity contribution is 5.28. The molecule has 3 heterocycles. The molecule has 1 fully saturated rings. The maximum atomic E-state index is 11.8. The summed E-state index contributed by atoms with van der Waals surface area (Å²) in [6.07, 6.45) is 1.03. The van der Waals surface area contributed by atoms with Gasteiger partial charge in [-0.25, -0.2) is 4.98 Å². The molecule has 96 valence electrons. The van der Waals surface area contributed by atoms with E-state index in [1.165, 1.54) is 10.6 Å². The number of hydrogen-bond acceptors (Lipinski definition) is 5. The third kappa shape index (κ3) is 1.81. The van der Waals surface area contributed by atoms with Crippen LogP contribution >= 0.6 is 0 Å². The van der Waals surface area contributed by atoms with Gasteiger partial charge in [-0.15, -0.1) is 0 Å². The molecule has 18 heavy (non-hydrogen) atoms. The van der Waals surface area contributed by atoms with Gasteiger partial charge in [-0.2, -0.15) is 9.50 Å². The predicted octanol–water partition coefficient (Wildman–Crippen LogP) is -0.225. The largest absolute Gasteiger partial charge is 0.380 e. The van der Waals surface area contributed by atoms with E-state index in [-0.39, 0.29) is 17.7 Å². The SMILES string of the molecule is COC1CNC(c2nc3nc(C)cc(=O)n3[nH]2)C1. The van der Waals surface area contributed by atoms with E-state index in [4.69, 9.17) is 4.74 Å². The smallest absolute Gasteiger partial charge is 0.274 e. The normalized spacial score (nSPS) is 23.9. The molecule has 3 rings (SSSR count). The molecule has 0 bridgehead atoms. The van der Waals surface area contributed by atoms with Crippen LogP contribution in [0.25, 0.3) is 5.78 Å². The fourth-order valence-electron chi connectivity index (χ4n) is 2.26. The molecule has 0 amide bonds. The van der Waals surface area contributed by atoms with Crippen LogP contribution in [0.3, 0.4) is 0 Å². The van der Waals surface area contributed by atoms with Gasteiger partial charge < -0.3 is 10.1 Å². The molecule has 7 nitrogen and oxygen atoms in total. The molecular formula is C11H15N5O2. The Hall–Kier alpha value is -1.73. The van der Waals surface area contributed by atoms with Crippen LogP contribution in [0.15, 0.2) is 10.9 Å². The maximum Gasteiger partial charge on any atom is 0.274 e. The van der Waals surface area contributed by atoms with Crippen molar-refractivity contribution in [1.29, 1.82) is 0 Å². The van der Waals surface area contributed by atoms with Gasteiger partial charge >= 0.3 is 0 Å². The number of H-pyrrole nitrogens is 1. The van der Waals surface area contributed by atoms with Crippen molar-refractivity contribution in [2.45, 2.75) is 25.5 Å². The molecule has 2 aromatic rings. The van der Waals surface area contributed by atoms with Crippen LogP contribution in [-0.2, 0) is 4.74 Å². The van der Waals surface area contributed by atoms with Gasteiger partial charge in [-0.1, -0.05) is 0 Å². The lowest BCUT2D eigenvalue weighted by atomic mass is 10.2. The Morgan fingerprint density at radius 1 is 1.50 bits per heavy atom. The van der Waals surface area contributed by atoms with Crippen LogP contribution < -0.4 is 10.9 Å². The Bertz CT molecular complexity index is 632. The zero-order chi connectivity index (χ0) is 12.7. The van der Waals surface area contributed by atoms with Crippen molar-refractivity contribution in [3.05, 3.63) is 27.9 Å². The molecule has 2 unspecified atom stereocenters. The highest BCUT2D eigenvalue weighted by atomic mass is 16.5. The standard InChI is InChI=1S/C11H15N5O2/c1-6-3-9(17)16-11(13-6)14-10(15-16)8-4-7(18-2)5-12-8/h3,7-8,12H,4-5H2,1-2H3,(H,13,14,15). The summed E-state index contributed by atoms with van der Waals surface area (Å²) in [5.74, 6) is 1.14. The van der Waals surface area contributed by atoms with Gasteiger partial charge in [0.15, 0.2) is 0 Å². The first-order chi connectivity index (χ1) is 8.67. The molecule has 1 aliphatic rings. The number of hydrogen-bond donors (Lipinski definition) is 2. The Morgan fingerprint density at radius 2 is 2.33 bits per heavy atom. The number of methoxy groups -OCH3 is 1. The van der Waals surface area contributed by atoms with Gasteiger partial charge in [0.05, 0.1) is 12.1 Å². The molecule has 1 aliphatic heterocycles. The van der Waals surface area contributed by atoms with Crippen LogP contribution in [-0.4, -0.2) is 39.3 Å². The molecule has 2 aromatic heterocycles. The van der Waals surface area contributed by atoms with Crippen molar-refractivity contribution < 1.29 is 4.74 Å². The van der Waals surface area contributed by atoms with E-state index in [2.05, 4.69) is 20.4 Å². The minimum Gasteiger partial charge on any atom is -0.380 e. The number of aryl methyl sites for hydroxylation is 1. The van der Waals surface area contributed by atoms with Crippen molar-refractivity contribution in [2.24, 2.45) is 0 Å². The maximum absolute atomic E-state index is 11.8. The number of aromatic nitrogens is 4. The van der Waals surface area contributed by atoms with Crippen LogP contribution in [0.5, 0.6) is 0 Å². The second-order valence-corrected chi connectivity index (χ2v) is 4.53. The fraction of sp³-hybridized carbons (Fsp3) is 0.545. The number of fused-ring (bicyclic) bond motifs is 1. The molecule has 0 aromatic carbocycles. The lowest BCUT2D eigenvalue weighted by Crippen LogP contribution is -2.17. The third-order valence-corrected chi connectivity index (χ3v) is 3.23. The highest BCUT2D eigenvalue weighted by Crippen LogP contribution is 2.21. The second-order valence-electron chi connectivity index (χ2n) is 4.53. The van der Waals surface area contributed by atoms with Gasteiger partial charge in [0, 0.05) is 25.4 Å². The molecule has 2 atom stereocenters. The summed E-state index contributed by atoms with van der Waals surface area (Å²) in [4.78, 5) is 20.3. The molecule has 0 spiro atoms. The lowest BCUT2D eigenvalue weighted by molar-refractivity contribution is 0.117. The van der Waals surface area contributed by atoms with E-state index >= 15 is 0 Å². The number of ether oxygens (including phenoxy) is 1. The summed E-state index contributed by atoms with van der Waals surface area (Å²) >= 11 is 0. The fourth-order valence-corrected chi connectivity index (χ4v) is 2.26. The molecular weight excluding hydrogens is 234 g/mol. The van der Waals surface area contributed by atoms with Gasteiger partial charge in [0.25, 0.3) is 11.3 Å². The van der Waals surface area contributed by atoms with Gasteiger partial charge in [0.2, 0.25) is 0 Å². The average Bonchev–Trinajstić information content (AvgIpc) is 2.93. The van der Waals surface area contributed by atoms with Crippen molar-refractivity contribution in [3.63, 3.8) is 0 Å².